The fourth-order valence-electron chi connectivity index (χ4n) is 1.37. The van der Waals surface area contributed by atoms with Crippen molar-refractivity contribution < 1.29 is 0 Å². The molecule has 0 amide bonds. The van der Waals surface area contributed by atoms with Crippen molar-refractivity contribution in [2.75, 3.05) is 0 Å². The van der Waals surface area contributed by atoms with Crippen LogP contribution in [0.15, 0.2) is 60.1 Å². The Morgan fingerprint density at radius 1 is 1.31 bits per heavy atom. The molecular formula is C15H17N. The Bertz CT molecular complexity index is 437. The molecule has 1 aromatic rings. The van der Waals surface area contributed by atoms with Crippen molar-refractivity contribution in [2.45, 2.75) is 13.8 Å². The number of hydrogen-bond acceptors (Lipinski definition) is 1. The van der Waals surface area contributed by atoms with Crippen molar-refractivity contribution >= 4 is 17.5 Å². The fourth-order valence-corrected chi connectivity index (χ4v) is 1.37. The lowest BCUT2D eigenvalue weighted by Gasteiger charge is -2.00. The maximum absolute atomic E-state index is 4.55. The van der Waals surface area contributed by atoms with E-state index in [0.29, 0.717) is 0 Å². The second-order valence-electron chi connectivity index (χ2n) is 3.41. The summed E-state index contributed by atoms with van der Waals surface area (Å²) in [6.45, 7) is 7.64. The molecule has 0 saturated heterocycles. The third kappa shape index (κ3) is 3.70. The number of aliphatic imine (C=N–C) groups is 1. The van der Waals surface area contributed by atoms with Crippen molar-refractivity contribution in [1.29, 1.82) is 0 Å². The van der Waals surface area contributed by atoms with Crippen molar-refractivity contribution in [3.05, 3.63) is 60.7 Å². The maximum atomic E-state index is 4.55. The van der Waals surface area contributed by atoms with E-state index in [4.69, 9.17) is 0 Å². The molecule has 0 heterocycles. The molecule has 1 aromatic carbocycles. The molecule has 0 saturated carbocycles. The third-order valence-corrected chi connectivity index (χ3v) is 2.05. The van der Waals surface area contributed by atoms with Crippen molar-refractivity contribution in [2.24, 2.45) is 4.99 Å². The van der Waals surface area contributed by atoms with Crippen LogP contribution in [0.2, 0.25) is 0 Å². The molecule has 0 spiro atoms. The zero-order valence-corrected chi connectivity index (χ0v) is 9.85. The van der Waals surface area contributed by atoms with Crippen molar-refractivity contribution in [3.63, 3.8) is 0 Å². The van der Waals surface area contributed by atoms with Gasteiger partial charge in [-0.25, -0.2) is 0 Å². The van der Waals surface area contributed by atoms with Gasteiger partial charge in [-0.2, -0.15) is 0 Å². The van der Waals surface area contributed by atoms with Crippen molar-refractivity contribution in [3.8, 4) is 0 Å². The summed E-state index contributed by atoms with van der Waals surface area (Å²) < 4.78 is 0. The van der Waals surface area contributed by atoms with Gasteiger partial charge in [-0.3, -0.25) is 4.99 Å². The summed E-state index contributed by atoms with van der Waals surface area (Å²) in [4.78, 5) is 4.55. The van der Waals surface area contributed by atoms with E-state index in [-0.39, 0.29) is 0 Å². The molecule has 82 valence electrons. The monoisotopic (exact) mass is 211 g/mol. The molecule has 1 rings (SSSR count). The van der Waals surface area contributed by atoms with Gasteiger partial charge >= 0.3 is 0 Å². The second kappa shape index (κ2) is 6.57. The molecule has 1 nitrogen and oxygen atoms in total. The highest BCUT2D eigenvalue weighted by Gasteiger charge is 1.95. The average molecular weight is 211 g/mol. The lowest BCUT2D eigenvalue weighted by molar-refractivity contribution is 1.48. The summed E-state index contributed by atoms with van der Waals surface area (Å²) >= 11 is 0. The van der Waals surface area contributed by atoms with Crippen LogP contribution in [-0.2, 0) is 0 Å². The van der Waals surface area contributed by atoms with E-state index < -0.39 is 0 Å². The van der Waals surface area contributed by atoms with Gasteiger partial charge in [0.05, 0.1) is 5.69 Å². The average Bonchev–Trinajstić information content (AvgIpc) is 2.28. The lowest BCUT2D eigenvalue weighted by Crippen LogP contribution is -1.83. The van der Waals surface area contributed by atoms with Gasteiger partial charge in [0.25, 0.3) is 0 Å². The fraction of sp³-hybridized carbons (Fsp3) is 0.133. The molecule has 0 radical (unpaired) electrons. The first-order valence-corrected chi connectivity index (χ1v) is 5.34. The number of rotatable bonds is 4. The second-order valence-corrected chi connectivity index (χ2v) is 3.41. The van der Waals surface area contributed by atoms with Gasteiger partial charge in [0.15, 0.2) is 0 Å². The standard InChI is InChI=1S/C15H17N/c1-4-6-10-14-11-7-8-12-15(14)16-13(3)9-5-2/h4-12H,1H2,2-3H3/b9-5-,10-6+,16-13?. The maximum Gasteiger partial charge on any atom is 0.0705 e. The normalized spacial score (nSPS) is 12.5. The largest absolute Gasteiger partial charge is 0.253 e. The van der Waals surface area contributed by atoms with Gasteiger partial charge in [-0.15, -0.1) is 0 Å². The van der Waals surface area contributed by atoms with Gasteiger partial charge < -0.3 is 0 Å². The molecular weight excluding hydrogens is 194 g/mol. The molecule has 0 aromatic heterocycles. The van der Waals surface area contributed by atoms with E-state index in [1.165, 1.54) is 0 Å². The topological polar surface area (TPSA) is 12.4 Å². The van der Waals surface area contributed by atoms with Crippen LogP contribution < -0.4 is 0 Å². The van der Waals surface area contributed by atoms with Crippen LogP contribution in [0.25, 0.3) is 6.08 Å². The summed E-state index contributed by atoms with van der Waals surface area (Å²) in [6, 6.07) is 8.05. The smallest absolute Gasteiger partial charge is 0.0705 e. The Balaban J connectivity index is 3.08. The molecule has 1 heteroatoms. The Labute approximate surface area is 97.5 Å². The van der Waals surface area contributed by atoms with E-state index in [2.05, 4.69) is 11.6 Å². The number of hydrogen-bond donors (Lipinski definition) is 0. The van der Waals surface area contributed by atoms with Crippen LogP contribution in [0.3, 0.4) is 0 Å². The van der Waals surface area contributed by atoms with Crippen LogP contribution in [0.5, 0.6) is 0 Å². The Kier molecular flexibility index (Phi) is 5.00. The van der Waals surface area contributed by atoms with E-state index in [9.17, 15) is 0 Å². The van der Waals surface area contributed by atoms with Crippen LogP contribution in [-0.4, -0.2) is 5.71 Å². The lowest BCUT2D eigenvalue weighted by atomic mass is 10.1. The molecule has 0 aliphatic heterocycles. The van der Waals surface area contributed by atoms with Gasteiger partial charge in [-0.1, -0.05) is 49.1 Å². The first-order valence-electron chi connectivity index (χ1n) is 5.34. The quantitative estimate of drug-likeness (QED) is 0.511. The van der Waals surface area contributed by atoms with E-state index in [1.807, 2.05) is 62.4 Å². The molecule has 0 unspecified atom stereocenters. The molecule has 0 aliphatic carbocycles. The number of para-hydroxylation sites is 1. The van der Waals surface area contributed by atoms with E-state index in [1.54, 1.807) is 6.08 Å². The van der Waals surface area contributed by atoms with Crippen LogP contribution in [0.4, 0.5) is 5.69 Å². The minimum absolute atomic E-state index is 0.983. The zero-order valence-electron chi connectivity index (χ0n) is 9.85. The van der Waals surface area contributed by atoms with Gasteiger partial charge in [-0.05, 0) is 26.0 Å². The Morgan fingerprint density at radius 3 is 2.75 bits per heavy atom. The molecule has 0 atom stereocenters. The van der Waals surface area contributed by atoms with Gasteiger partial charge in [0, 0.05) is 11.3 Å². The zero-order chi connectivity index (χ0) is 11.8. The molecule has 0 fully saturated rings. The number of benzene rings is 1. The summed E-state index contributed by atoms with van der Waals surface area (Å²) in [7, 11) is 0. The summed E-state index contributed by atoms with van der Waals surface area (Å²) in [5.74, 6) is 0. The molecule has 0 N–H and O–H groups in total. The highest BCUT2D eigenvalue weighted by Crippen LogP contribution is 2.20. The summed E-state index contributed by atoms with van der Waals surface area (Å²) in [5, 5.41) is 0. The SMILES string of the molecule is C=C/C=C/c1ccccc1N=C(C)/C=C\C. The van der Waals surface area contributed by atoms with Gasteiger partial charge in [0.2, 0.25) is 0 Å². The Morgan fingerprint density at radius 2 is 2.06 bits per heavy atom. The van der Waals surface area contributed by atoms with Crippen LogP contribution in [0.1, 0.15) is 19.4 Å². The van der Waals surface area contributed by atoms with E-state index in [0.717, 1.165) is 17.0 Å². The molecule has 16 heavy (non-hydrogen) atoms. The Hall–Kier alpha value is -1.89. The van der Waals surface area contributed by atoms with Crippen molar-refractivity contribution in [1.82, 2.24) is 0 Å². The molecule has 0 aliphatic rings. The van der Waals surface area contributed by atoms with Crippen LogP contribution in [0, 0.1) is 0 Å². The third-order valence-electron chi connectivity index (χ3n) is 2.05. The summed E-state index contributed by atoms with van der Waals surface area (Å²) in [6.07, 6.45) is 9.67. The first kappa shape index (κ1) is 12.2. The predicted molar refractivity (Wildman–Crippen MR) is 73.3 cm³/mol. The molecule has 0 bridgehead atoms. The number of nitrogens with zero attached hydrogens (tertiary/aromatic N) is 1. The first-order chi connectivity index (χ1) is 7.77. The van der Waals surface area contributed by atoms with Gasteiger partial charge in [0.1, 0.15) is 0 Å². The predicted octanol–water partition coefficient (Wildman–Crippen LogP) is 4.55. The summed E-state index contributed by atoms with van der Waals surface area (Å²) in [5.41, 5.74) is 3.09. The van der Waals surface area contributed by atoms with Crippen LogP contribution >= 0.6 is 0 Å². The highest BCUT2D eigenvalue weighted by molar-refractivity contribution is 5.95. The number of allylic oxidation sites excluding steroid dienone is 4. The highest BCUT2D eigenvalue weighted by atomic mass is 14.7. The minimum atomic E-state index is 0.983. The minimum Gasteiger partial charge on any atom is -0.253 e. The van der Waals surface area contributed by atoms with E-state index >= 15 is 0 Å².